The zero-order valence-corrected chi connectivity index (χ0v) is 27.6. The summed E-state index contributed by atoms with van der Waals surface area (Å²) in [6, 6.07) is 8.26. The molecule has 1 aromatic carbocycles. The standard InChI is InChI=1S/C36H52N4O4/c1-9-12-13-16-26-23-25(4)38-34(44-8)31(26)24-37-33(41)30-17-14-18-32(29(30)15-10-2)39(11-3)27-19-21-28(22-20-27)40(35(42)43)36(5,6)7/h9-10,14,17-18,23,27-28H,1-2,11-13,15-16,19-22,24H2,3-8H3,(H,37,41)(H,42,43)/t27-,28-. The number of ether oxygens (including phenoxy) is 1. The third-order valence-electron chi connectivity index (χ3n) is 8.58. The van der Waals surface area contributed by atoms with Crippen LogP contribution >= 0.6 is 0 Å². The van der Waals surface area contributed by atoms with Gasteiger partial charge in [-0.05, 0) is 115 Å². The molecule has 0 aliphatic heterocycles. The second-order valence-corrected chi connectivity index (χ2v) is 12.6. The minimum absolute atomic E-state index is 0.00197. The average Bonchev–Trinajstić information content (AvgIpc) is 2.97. The number of amides is 2. The molecular formula is C36H52N4O4. The van der Waals surface area contributed by atoms with Crippen LogP contribution in [0.1, 0.15) is 99.0 Å². The highest BCUT2D eigenvalue weighted by Crippen LogP contribution is 2.35. The molecule has 0 saturated heterocycles. The van der Waals surface area contributed by atoms with E-state index in [0.717, 1.165) is 79.6 Å². The number of aromatic nitrogens is 1. The van der Waals surface area contributed by atoms with Crippen molar-refractivity contribution < 1.29 is 19.4 Å². The highest BCUT2D eigenvalue weighted by Gasteiger charge is 2.37. The molecule has 1 aliphatic carbocycles. The third kappa shape index (κ3) is 8.42. The highest BCUT2D eigenvalue weighted by molar-refractivity contribution is 5.97. The highest BCUT2D eigenvalue weighted by atomic mass is 16.5. The number of hydrogen-bond donors (Lipinski definition) is 2. The number of methoxy groups -OCH3 is 1. The van der Waals surface area contributed by atoms with Gasteiger partial charge in [-0.1, -0.05) is 18.2 Å². The fraction of sp³-hybridized carbons (Fsp3) is 0.528. The number of nitrogens with one attached hydrogen (secondary N) is 1. The lowest BCUT2D eigenvalue weighted by Crippen LogP contribution is -2.53. The first kappa shape index (κ1) is 34.7. The maximum absolute atomic E-state index is 13.8. The number of allylic oxidation sites excluding steroid dienone is 2. The lowest BCUT2D eigenvalue weighted by Gasteiger charge is -2.45. The topological polar surface area (TPSA) is 95.0 Å². The number of aryl methyl sites for hydroxylation is 2. The molecule has 1 heterocycles. The number of carbonyl (C=O) groups is 2. The molecule has 0 bridgehead atoms. The quantitative estimate of drug-likeness (QED) is 0.171. The number of hydrogen-bond acceptors (Lipinski definition) is 5. The van der Waals surface area contributed by atoms with E-state index in [1.54, 1.807) is 12.0 Å². The van der Waals surface area contributed by atoms with Gasteiger partial charge in [0.1, 0.15) is 0 Å². The zero-order chi connectivity index (χ0) is 32.4. The van der Waals surface area contributed by atoms with Crippen molar-refractivity contribution in [1.82, 2.24) is 15.2 Å². The summed E-state index contributed by atoms with van der Waals surface area (Å²) in [5.41, 5.74) is 5.07. The summed E-state index contributed by atoms with van der Waals surface area (Å²) in [6.45, 7) is 18.9. The minimum atomic E-state index is -0.858. The van der Waals surface area contributed by atoms with Gasteiger partial charge in [0, 0.05) is 53.2 Å². The Bertz CT molecular complexity index is 1310. The van der Waals surface area contributed by atoms with Gasteiger partial charge in [0.05, 0.1) is 7.11 Å². The van der Waals surface area contributed by atoms with Crippen LogP contribution in [0.4, 0.5) is 10.5 Å². The number of nitrogens with zero attached hydrogens (tertiary/aromatic N) is 3. The van der Waals surface area contributed by atoms with E-state index < -0.39 is 11.6 Å². The van der Waals surface area contributed by atoms with Crippen LogP contribution in [-0.2, 0) is 19.4 Å². The molecule has 0 radical (unpaired) electrons. The van der Waals surface area contributed by atoms with Crippen LogP contribution in [0.5, 0.6) is 5.88 Å². The van der Waals surface area contributed by atoms with Gasteiger partial charge in [0.25, 0.3) is 5.91 Å². The predicted octanol–water partition coefficient (Wildman–Crippen LogP) is 7.48. The molecule has 8 nitrogen and oxygen atoms in total. The maximum Gasteiger partial charge on any atom is 0.407 e. The smallest absolute Gasteiger partial charge is 0.407 e. The van der Waals surface area contributed by atoms with Gasteiger partial charge in [0.15, 0.2) is 0 Å². The van der Waals surface area contributed by atoms with E-state index in [0.29, 0.717) is 24.4 Å². The molecule has 2 aromatic rings. The van der Waals surface area contributed by atoms with Crippen molar-refractivity contribution >= 4 is 17.7 Å². The Balaban J connectivity index is 1.85. The number of anilines is 1. The molecule has 44 heavy (non-hydrogen) atoms. The van der Waals surface area contributed by atoms with Crippen LogP contribution in [0, 0.1) is 6.92 Å². The maximum atomic E-state index is 13.8. The largest absolute Gasteiger partial charge is 0.481 e. The molecule has 1 aliphatic rings. The van der Waals surface area contributed by atoms with Gasteiger partial charge < -0.3 is 25.0 Å². The first-order valence-electron chi connectivity index (χ1n) is 15.9. The van der Waals surface area contributed by atoms with Crippen LogP contribution in [0.3, 0.4) is 0 Å². The summed E-state index contributed by atoms with van der Waals surface area (Å²) >= 11 is 0. The van der Waals surface area contributed by atoms with Crippen LogP contribution in [0.15, 0.2) is 49.6 Å². The van der Waals surface area contributed by atoms with Crippen molar-refractivity contribution in [2.24, 2.45) is 0 Å². The molecule has 1 fully saturated rings. The van der Waals surface area contributed by atoms with E-state index in [2.05, 4.69) is 47.4 Å². The molecule has 2 amide bonds. The van der Waals surface area contributed by atoms with Crippen LogP contribution in [0.2, 0.25) is 0 Å². The Kier molecular flexibility index (Phi) is 12.4. The van der Waals surface area contributed by atoms with Crippen molar-refractivity contribution in [1.29, 1.82) is 0 Å². The van der Waals surface area contributed by atoms with E-state index in [1.165, 1.54) is 0 Å². The summed E-state index contributed by atoms with van der Waals surface area (Å²) in [4.78, 5) is 34.4. The molecule has 0 spiro atoms. The fourth-order valence-corrected chi connectivity index (χ4v) is 6.68. The number of carbonyl (C=O) groups excluding carboxylic acids is 1. The van der Waals surface area contributed by atoms with Gasteiger partial charge in [0.2, 0.25) is 5.88 Å². The third-order valence-corrected chi connectivity index (χ3v) is 8.58. The molecule has 0 unspecified atom stereocenters. The first-order chi connectivity index (χ1) is 21.0. The number of unbranched alkanes of at least 4 members (excludes halogenated alkanes) is 1. The fourth-order valence-electron chi connectivity index (χ4n) is 6.68. The number of benzene rings is 1. The van der Waals surface area contributed by atoms with Crippen molar-refractivity contribution in [2.45, 2.75) is 110 Å². The van der Waals surface area contributed by atoms with Crippen molar-refractivity contribution in [3.05, 3.63) is 77.5 Å². The van der Waals surface area contributed by atoms with E-state index in [-0.39, 0.29) is 18.0 Å². The predicted molar refractivity (Wildman–Crippen MR) is 179 cm³/mol. The second-order valence-electron chi connectivity index (χ2n) is 12.6. The molecule has 3 rings (SSSR count). The average molecular weight is 605 g/mol. The van der Waals surface area contributed by atoms with Crippen LogP contribution in [0.25, 0.3) is 0 Å². The molecular weight excluding hydrogens is 552 g/mol. The lowest BCUT2D eigenvalue weighted by atomic mass is 9.86. The number of rotatable bonds is 14. The first-order valence-corrected chi connectivity index (χ1v) is 15.9. The Morgan fingerprint density at radius 2 is 1.80 bits per heavy atom. The summed E-state index contributed by atoms with van der Waals surface area (Å²) in [7, 11) is 1.61. The van der Waals surface area contributed by atoms with Crippen molar-refractivity contribution in [2.75, 3.05) is 18.6 Å². The number of carboxylic acid groups (broad SMARTS) is 1. The van der Waals surface area contributed by atoms with Crippen LogP contribution < -0.4 is 15.0 Å². The molecule has 240 valence electrons. The molecule has 1 saturated carbocycles. The van der Waals surface area contributed by atoms with Gasteiger partial charge in [-0.3, -0.25) is 4.79 Å². The summed E-state index contributed by atoms with van der Waals surface area (Å²) in [5, 5.41) is 13.1. The molecule has 2 N–H and O–H groups in total. The Morgan fingerprint density at radius 3 is 2.36 bits per heavy atom. The monoisotopic (exact) mass is 604 g/mol. The summed E-state index contributed by atoms with van der Waals surface area (Å²) in [5.74, 6) is 0.394. The number of pyridine rings is 1. The Labute approximate surface area is 264 Å². The normalized spacial score (nSPS) is 16.6. The summed E-state index contributed by atoms with van der Waals surface area (Å²) in [6.07, 6.45) is 9.58. The lowest BCUT2D eigenvalue weighted by molar-refractivity contribution is 0.0545. The van der Waals surface area contributed by atoms with Gasteiger partial charge in [-0.2, -0.15) is 0 Å². The molecule has 1 aromatic heterocycles. The summed E-state index contributed by atoms with van der Waals surface area (Å²) < 4.78 is 5.62. The van der Waals surface area contributed by atoms with E-state index in [9.17, 15) is 14.7 Å². The SMILES string of the molecule is C=CCCCc1cc(C)nc(OC)c1CNC(=O)c1cccc(N(CC)[C@H]2CC[C@H](N(C(=O)O)C(C)(C)C)CC2)c1CC=C. The van der Waals surface area contributed by atoms with Gasteiger partial charge in [-0.25, -0.2) is 9.78 Å². The van der Waals surface area contributed by atoms with Gasteiger partial charge >= 0.3 is 6.09 Å². The van der Waals surface area contributed by atoms with E-state index >= 15 is 0 Å². The van der Waals surface area contributed by atoms with Gasteiger partial charge in [-0.15, -0.1) is 13.2 Å². The van der Waals surface area contributed by atoms with Crippen molar-refractivity contribution in [3.8, 4) is 5.88 Å². The van der Waals surface area contributed by atoms with Crippen molar-refractivity contribution in [3.63, 3.8) is 0 Å². The van der Waals surface area contributed by atoms with E-state index in [1.807, 2.05) is 52.0 Å². The molecule has 0 atom stereocenters. The Hall–Kier alpha value is -3.81. The Morgan fingerprint density at radius 1 is 1.11 bits per heavy atom. The van der Waals surface area contributed by atoms with E-state index in [4.69, 9.17) is 4.74 Å². The van der Waals surface area contributed by atoms with Crippen LogP contribution in [-0.4, -0.2) is 58.3 Å². The minimum Gasteiger partial charge on any atom is -0.481 e. The second kappa shape index (κ2) is 15.8. The zero-order valence-electron chi connectivity index (χ0n) is 27.6. The molecule has 8 heteroatoms.